The zero-order valence-corrected chi connectivity index (χ0v) is 22.2. The van der Waals surface area contributed by atoms with E-state index in [1.54, 1.807) is 6.20 Å². The topological polar surface area (TPSA) is 111 Å². The Labute approximate surface area is 217 Å². The van der Waals surface area contributed by atoms with Crippen molar-refractivity contribution in [3.63, 3.8) is 0 Å². The quantitative estimate of drug-likeness (QED) is 0.193. The molecule has 0 aliphatic heterocycles. The SMILES string of the molecule is CC(C)CC(N[PH](=O)CCc1ccc2ccccc2c1)C(=O)NC(Cc1c[nH]c2ccccc12)C(=O)O. The monoisotopic (exact) mass is 519 g/mol. The van der Waals surface area contributed by atoms with Gasteiger partial charge in [-0.05, 0) is 46.7 Å². The average Bonchev–Trinajstić information content (AvgIpc) is 3.29. The highest BCUT2D eigenvalue weighted by atomic mass is 31.1. The number of fused-ring (bicyclic) bond motifs is 2. The van der Waals surface area contributed by atoms with Gasteiger partial charge in [0.15, 0.2) is 0 Å². The number of carbonyl (C=O) groups is 2. The van der Waals surface area contributed by atoms with Crippen molar-refractivity contribution < 1.29 is 19.3 Å². The first-order chi connectivity index (χ1) is 17.8. The summed E-state index contributed by atoms with van der Waals surface area (Å²) in [6.45, 7) is 3.96. The van der Waals surface area contributed by atoms with Crippen LogP contribution in [0.4, 0.5) is 0 Å². The number of nitrogens with one attached hydrogen (secondary N) is 3. The van der Waals surface area contributed by atoms with Gasteiger partial charge in [0.05, 0.1) is 6.04 Å². The van der Waals surface area contributed by atoms with Crippen LogP contribution in [0.25, 0.3) is 21.7 Å². The highest BCUT2D eigenvalue weighted by Crippen LogP contribution is 2.23. The Kier molecular flexibility index (Phi) is 8.80. The highest BCUT2D eigenvalue weighted by molar-refractivity contribution is 7.42. The molecule has 0 saturated carbocycles. The van der Waals surface area contributed by atoms with Crippen molar-refractivity contribution in [3.8, 4) is 0 Å². The van der Waals surface area contributed by atoms with Crippen LogP contribution >= 0.6 is 7.95 Å². The summed E-state index contributed by atoms with van der Waals surface area (Å²) < 4.78 is 13.0. The molecule has 0 saturated heterocycles. The van der Waals surface area contributed by atoms with Gasteiger partial charge in [-0.3, -0.25) is 9.88 Å². The second kappa shape index (κ2) is 12.2. The molecular formula is C29H34N3O4P. The lowest BCUT2D eigenvalue weighted by molar-refractivity contribution is -0.142. The van der Waals surface area contributed by atoms with E-state index in [-0.39, 0.29) is 12.3 Å². The standard InChI is InChI=1S/C29H34N3O4P/c1-19(2)15-26(32-37(36)14-13-20-11-12-21-7-3-4-8-22(21)16-20)28(33)31-27(29(34)35)17-23-18-30-25-10-6-5-9-24(23)25/h3-12,16,18-19,26-27,30,37H,13-15,17H2,1-2H3,(H,31,33)(H,32,36)(H,34,35). The number of aromatic nitrogens is 1. The number of rotatable bonds is 12. The fraction of sp³-hybridized carbons (Fsp3) is 0.310. The molecule has 1 aromatic heterocycles. The first kappa shape index (κ1) is 26.6. The zero-order valence-electron chi connectivity index (χ0n) is 21.2. The predicted molar refractivity (Wildman–Crippen MR) is 149 cm³/mol. The van der Waals surface area contributed by atoms with Gasteiger partial charge >= 0.3 is 5.97 Å². The van der Waals surface area contributed by atoms with Gasteiger partial charge in [0.25, 0.3) is 0 Å². The van der Waals surface area contributed by atoms with Gasteiger partial charge in [-0.2, -0.15) is 0 Å². The highest BCUT2D eigenvalue weighted by Gasteiger charge is 2.27. The van der Waals surface area contributed by atoms with Crippen LogP contribution in [0.5, 0.6) is 0 Å². The molecule has 194 valence electrons. The molecule has 3 aromatic carbocycles. The molecule has 3 atom stereocenters. The van der Waals surface area contributed by atoms with Gasteiger partial charge in [0.2, 0.25) is 5.91 Å². The summed E-state index contributed by atoms with van der Waals surface area (Å²) in [5.41, 5.74) is 2.83. The Hall–Kier alpha value is -3.41. The van der Waals surface area contributed by atoms with Gasteiger partial charge in [-0.15, -0.1) is 0 Å². The van der Waals surface area contributed by atoms with E-state index in [1.165, 1.54) is 0 Å². The lowest BCUT2D eigenvalue weighted by atomic mass is 10.0. The van der Waals surface area contributed by atoms with Crippen molar-refractivity contribution in [2.75, 3.05) is 6.16 Å². The molecule has 1 heterocycles. The molecule has 4 N–H and O–H groups in total. The summed E-state index contributed by atoms with van der Waals surface area (Å²) in [7, 11) is -2.27. The number of amides is 1. The Balaban J connectivity index is 1.39. The molecule has 0 spiro atoms. The first-order valence-electron chi connectivity index (χ1n) is 12.7. The van der Waals surface area contributed by atoms with Gasteiger partial charge in [-0.25, -0.2) is 4.79 Å². The van der Waals surface area contributed by atoms with Crippen molar-refractivity contribution in [1.82, 2.24) is 15.4 Å². The van der Waals surface area contributed by atoms with Crippen LogP contribution in [-0.4, -0.2) is 40.2 Å². The van der Waals surface area contributed by atoms with Gasteiger partial charge < -0.3 is 20.0 Å². The van der Waals surface area contributed by atoms with E-state index < -0.39 is 31.9 Å². The fourth-order valence-electron chi connectivity index (χ4n) is 4.61. The van der Waals surface area contributed by atoms with Crippen LogP contribution in [-0.2, 0) is 27.0 Å². The molecule has 1 amide bonds. The zero-order chi connectivity index (χ0) is 26.4. The lowest BCUT2D eigenvalue weighted by Crippen LogP contribution is -2.50. The second-order valence-corrected chi connectivity index (χ2v) is 11.5. The van der Waals surface area contributed by atoms with E-state index in [9.17, 15) is 19.3 Å². The van der Waals surface area contributed by atoms with Crippen LogP contribution < -0.4 is 10.4 Å². The van der Waals surface area contributed by atoms with E-state index in [0.29, 0.717) is 19.0 Å². The summed E-state index contributed by atoms with van der Waals surface area (Å²) in [6.07, 6.45) is 3.43. The van der Waals surface area contributed by atoms with Crippen molar-refractivity contribution in [1.29, 1.82) is 0 Å². The van der Waals surface area contributed by atoms with E-state index in [2.05, 4.69) is 39.7 Å². The number of carboxylic acid groups (broad SMARTS) is 1. The molecular weight excluding hydrogens is 485 g/mol. The number of H-pyrrole nitrogens is 1. The average molecular weight is 520 g/mol. The molecule has 8 heteroatoms. The first-order valence-corrected chi connectivity index (χ1v) is 14.3. The molecule has 0 radical (unpaired) electrons. The maximum atomic E-state index is 13.2. The second-order valence-electron chi connectivity index (χ2n) is 9.89. The van der Waals surface area contributed by atoms with Crippen molar-refractivity contribution >= 4 is 41.5 Å². The predicted octanol–water partition coefficient (Wildman–Crippen LogP) is 5.15. The number of aromatic amines is 1. The van der Waals surface area contributed by atoms with Crippen molar-refractivity contribution in [2.45, 2.75) is 45.2 Å². The number of carbonyl (C=O) groups excluding carboxylic acids is 1. The minimum absolute atomic E-state index is 0.149. The summed E-state index contributed by atoms with van der Waals surface area (Å²) in [6, 6.07) is 20.1. The number of benzene rings is 3. The van der Waals surface area contributed by atoms with E-state index in [4.69, 9.17) is 0 Å². The van der Waals surface area contributed by atoms with Crippen LogP contribution in [0.3, 0.4) is 0 Å². The Morgan fingerprint density at radius 1 is 0.973 bits per heavy atom. The summed E-state index contributed by atoms with van der Waals surface area (Å²) in [5.74, 6) is -1.38. The summed E-state index contributed by atoms with van der Waals surface area (Å²) >= 11 is 0. The lowest BCUT2D eigenvalue weighted by Gasteiger charge is -2.22. The number of hydrogen-bond donors (Lipinski definition) is 4. The maximum Gasteiger partial charge on any atom is 0.326 e. The van der Waals surface area contributed by atoms with E-state index in [1.807, 2.05) is 56.3 Å². The van der Waals surface area contributed by atoms with E-state index >= 15 is 0 Å². The third-order valence-electron chi connectivity index (χ3n) is 6.53. The summed E-state index contributed by atoms with van der Waals surface area (Å²) in [5, 5.41) is 18.8. The Bertz CT molecular complexity index is 1410. The molecule has 0 aliphatic carbocycles. The molecule has 4 rings (SSSR count). The van der Waals surface area contributed by atoms with E-state index in [0.717, 1.165) is 32.8 Å². The van der Waals surface area contributed by atoms with Crippen molar-refractivity contribution in [3.05, 3.63) is 84.1 Å². The van der Waals surface area contributed by atoms with Gasteiger partial charge in [0.1, 0.15) is 14.0 Å². The third kappa shape index (κ3) is 7.09. The molecule has 37 heavy (non-hydrogen) atoms. The van der Waals surface area contributed by atoms with Gasteiger partial charge in [-0.1, -0.05) is 74.5 Å². The van der Waals surface area contributed by atoms with Crippen LogP contribution in [0.1, 0.15) is 31.4 Å². The van der Waals surface area contributed by atoms with Crippen LogP contribution in [0.15, 0.2) is 72.9 Å². The van der Waals surface area contributed by atoms with Crippen LogP contribution in [0.2, 0.25) is 0 Å². The minimum Gasteiger partial charge on any atom is -0.480 e. The largest absolute Gasteiger partial charge is 0.480 e. The number of carboxylic acids is 1. The molecule has 3 unspecified atom stereocenters. The molecule has 0 bridgehead atoms. The number of hydrogen-bond acceptors (Lipinski definition) is 3. The maximum absolute atomic E-state index is 13.2. The molecule has 4 aromatic rings. The molecule has 7 nitrogen and oxygen atoms in total. The van der Waals surface area contributed by atoms with Crippen molar-refractivity contribution in [2.24, 2.45) is 5.92 Å². The Morgan fingerprint density at radius 3 is 2.46 bits per heavy atom. The minimum atomic E-state index is -2.27. The molecule has 0 aliphatic rings. The Morgan fingerprint density at radius 2 is 1.70 bits per heavy atom. The number of aryl methyl sites for hydroxylation is 1. The fourth-order valence-corrected chi connectivity index (χ4v) is 5.91. The number of para-hydroxylation sites is 1. The smallest absolute Gasteiger partial charge is 0.326 e. The van der Waals surface area contributed by atoms with Gasteiger partial charge in [0, 0.05) is 29.7 Å². The normalized spacial score (nSPS) is 14.0. The third-order valence-corrected chi connectivity index (χ3v) is 7.90. The van der Waals surface area contributed by atoms with Crippen LogP contribution in [0, 0.1) is 5.92 Å². The summed E-state index contributed by atoms with van der Waals surface area (Å²) in [4.78, 5) is 28.3. The number of aliphatic carboxylic acids is 1. The molecule has 0 fully saturated rings.